The normalized spacial score (nSPS) is 19.1. The second kappa shape index (κ2) is 4.72. The molecule has 1 aliphatic heterocycles. The highest BCUT2D eigenvalue weighted by Crippen LogP contribution is 2.36. The van der Waals surface area contributed by atoms with Crippen molar-refractivity contribution in [1.29, 1.82) is 0 Å². The molecular formula is C14H12N2S. The van der Waals surface area contributed by atoms with Gasteiger partial charge in [-0.15, -0.1) is 0 Å². The average molecular weight is 240 g/mol. The van der Waals surface area contributed by atoms with Crippen LogP contribution in [0.2, 0.25) is 0 Å². The number of pyridine rings is 1. The zero-order valence-electron chi connectivity index (χ0n) is 9.28. The Morgan fingerprint density at radius 2 is 1.82 bits per heavy atom. The first-order valence-electron chi connectivity index (χ1n) is 5.61. The summed E-state index contributed by atoms with van der Waals surface area (Å²) < 4.78 is 0. The van der Waals surface area contributed by atoms with Gasteiger partial charge < -0.3 is 0 Å². The zero-order valence-corrected chi connectivity index (χ0v) is 10.1. The molecule has 0 saturated carbocycles. The summed E-state index contributed by atoms with van der Waals surface area (Å²) in [5, 5.41) is 1.49. The lowest BCUT2D eigenvalue weighted by Gasteiger charge is -2.06. The summed E-state index contributed by atoms with van der Waals surface area (Å²) in [6.45, 7) is 0.825. The number of hydrogen-bond acceptors (Lipinski definition) is 3. The molecule has 0 saturated heterocycles. The maximum atomic E-state index is 4.60. The van der Waals surface area contributed by atoms with E-state index in [9.17, 15) is 0 Å². The van der Waals surface area contributed by atoms with Gasteiger partial charge >= 0.3 is 0 Å². The molecule has 0 fully saturated rings. The molecular weight excluding hydrogens is 228 g/mol. The van der Waals surface area contributed by atoms with Crippen molar-refractivity contribution in [2.75, 3.05) is 6.54 Å². The maximum absolute atomic E-state index is 4.60. The highest BCUT2D eigenvalue weighted by Gasteiger charge is 2.22. The molecule has 0 bridgehead atoms. The molecule has 2 nitrogen and oxygen atoms in total. The first kappa shape index (κ1) is 10.5. The van der Waals surface area contributed by atoms with E-state index < -0.39 is 0 Å². The van der Waals surface area contributed by atoms with Gasteiger partial charge in [-0.2, -0.15) is 0 Å². The number of nitrogens with zero attached hydrogens (tertiary/aromatic N) is 2. The summed E-state index contributed by atoms with van der Waals surface area (Å²) in [4.78, 5) is 9.00. The lowest BCUT2D eigenvalue weighted by molar-refractivity contribution is 0.919. The van der Waals surface area contributed by atoms with Gasteiger partial charge in [0.15, 0.2) is 0 Å². The quantitative estimate of drug-likeness (QED) is 0.804. The van der Waals surface area contributed by atoms with E-state index in [2.05, 4.69) is 28.2 Å². The summed E-state index contributed by atoms with van der Waals surface area (Å²) in [5.41, 5.74) is 2.32. The van der Waals surface area contributed by atoms with Crippen LogP contribution >= 0.6 is 11.8 Å². The van der Waals surface area contributed by atoms with Gasteiger partial charge in [-0.05, 0) is 12.1 Å². The number of hydrogen-bond donors (Lipinski definition) is 0. The van der Waals surface area contributed by atoms with Crippen molar-refractivity contribution in [2.24, 2.45) is 4.99 Å². The third kappa shape index (κ3) is 2.24. The molecule has 1 aromatic heterocycles. The lowest BCUT2D eigenvalue weighted by atomic mass is 10.2. The van der Waals surface area contributed by atoms with Gasteiger partial charge in [-0.3, -0.25) is 9.98 Å². The lowest BCUT2D eigenvalue weighted by Crippen LogP contribution is -1.97. The van der Waals surface area contributed by atoms with Crippen LogP contribution in [0.15, 0.2) is 59.7 Å². The summed E-state index contributed by atoms with van der Waals surface area (Å²) in [6, 6.07) is 16.4. The van der Waals surface area contributed by atoms with Crippen LogP contribution in [0.25, 0.3) is 0 Å². The Hall–Kier alpha value is -1.61. The monoisotopic (exact) mass is 240 g/mol. The molecule has 3 rings (SSSR count). The molecule has 1 unspecified atom stereocenters. The molecule has 3 heteroatoms. The Morgan fingerprint density at radius 1 is 1.00 bits per heavy atom. The van der Waals surface area contributed by atoms with Gasteiger partial charge in [0.05, 0.1) is 22.5 Å². The van der Waals surface area contributed by atoms with Crippen LogP contribution in [0.3, 0.4) is 0 Å². The Morgan fingerprint density at radius 3 is 2.59 bits per heavy atom. The van der Waals surface area contributed by atoms with Crippen LogP contribution in [0.1, 0.15) is 16.5 Å². The van der Waals surface area contributed by atoms with Crippen molar-refractivity contribution >= 4 is 16.8 Å². The third-order valence-corrected chi connectivity index (χ3v) is 3.96. The summed E-state index contributed by atoms with van der Waals surface area (Å²) >= 11 is 1.80. The van der Waals surface area contributed by atoms with Gasteiger partial charge in [0.25, 0.3) is 0 Å². The summed E-state index contributed by atoms with van der Waals surface area (Å²) in [6.07, 6.45) is 1.84. The summed E-state index contributed by atoms with van der Waals surface area (Å²) in [7, 11) is 0. The van der Waals surface area contributed by atoms with Crippen LogP contribution < -0.4 is 0 Å². The largest absolute Gasteiger partial charge is 0.276 e. The van der Waals surface area contributed by atoms with Crippen LogP contribution in [-0.2, 0) is 0 Å². The minimum atomic E-state index is 0.367. The first-order valence-corrected chi connectivity index (χ1v) is 6.49. The molecule has 2 heterocycles. The van der Waals surface area contributed by atoms with Crippen molar-refractivity contribution in [1.82, 2.24) is 4.98 Å². The Labute approximate surface area is 105 Å². The van der Waals surface area contributed by atoms with E-state index in [0.29, 0.717) is 5.25 Å². The third-order valence-electron chi connectivity index (χ3n) is 2.69. The Bertz CT molecular complexity index is 522. The van der Waals surface area contributed by atoms with E-state index in [1.807, 2.05) is 36.5 Å². The molecule has 0 N–H and O–H groups in total. The Balaban J connectivity index is 1.78. The zero-order chi connectivity index (χ0) is 11.5. The van der Waals surface area contributed by atoms with Crippen molar-refractivity contribution < 1.29 is 0 Å². The van der Waals surface area contributed by atoms with E-state index in [1.165, 1.54) is 5.56 Å². The Kier molecular flexibility index (Phi) is 2.92. The molecule has 0 aliphatic carbocycles. The van der Waals surface area contributed by atoms with E-state index in [0.717, 1.165) is 17.3 Å². The predicted octanol–water partition coefficient (Wildman–Crippen LogP) is 3.32. The number of aromatic nitrogens is 1. The van der Waals surface area contributed by atoms with Gasteiger partial charge in [0.1, 0.15) is 0 Å². The number of rotatable bonds is 2. The topological polar surface area (TPSA) is 25.2 Å². The van der Waals surface area contributed by atoms with Crippen molar-refractivity contribution in [2.45, 2.75) is 5.25 Å². The van der Waals surface area contributed by atoms with E-state index >= 15 is 0 Å². The average Bonchev–Trinajstić information content (AvgIpc) is 2.90. The van der Waals surface area contributed by atoms with Crippen LogP contribution in [-0.4, -0.2) is 16.6 Å². The second-order valence-corrected chi connectivity index (χ2v) is 5.06. The second-order valence-electron chi connectivity index (χ2n) is 3.87. The smallest absolute Gasteiger partial charge is 0.0984 e. The maximum Gasteiger partial charge on any atom is 0.0984 e. The number of benzene rings is 1. The van der Waals surface area contributed by atoms with E-state index in [4.69, 9.17) is 0 Å². The molecule has 17 heavy (non-hydrogen) atoms. The fourth-order valence-corrected chi connectivity index (χ4v) is 2.94. The number of aliphatic imine (C=N–C) groups is 1. The van der Waals surface area contributed by atoms with E-state index in [-0.39, 0.29) is 0 Å². The minimum Gasteiger partial charge on any atom is -0.276 e. The molecule has 0 spiro atoms. The molecule has 1 aromatic carbocycles. The fraction of sp³-hybridized carbons (Fsp3) is 0.143. The molecule has 1 atom stereocenters. The van der Waals surface area contributed by atoms with Crippen molar-refractivity contribution in [3.8, 4) is 0 Å². The van der Waals surface area contributed by atoms with Gasteiger partial charge in [0, 0.05) is 11.8 Å². The number of thioether (sulfide) groups is 1. The van der Waals surface area contributed by atoms with Gasteiger partial charge in [0.2, 0.25) is 0 Å². The molecule has 0 radical (unpaired) electrons. The van der Waals surface area contributed by atoms with Gasteiger partial charge in [-0.1, -0.05) is 48.2 Å². The molecule has 2 aromatic rings. The van der Waals surface area contributed by atoms with Gasteiger partial charge in [-0.25, -0.2) is 0 Å². The highest BCUT2D eigenvalue weighted by atomic mass is 32.2. The van der Waals surface area contributed by atoms with Crippen molar-refractivity contribution in [3.63, 3.8) is 0 Å². The standard InChI is InChI=1S/C14H12N2S/c1-2-6-11(7-3-1)14-16-10-13(17-14)12-8-4-5-9-15-12/h1-9,13H,10H2. The predicted molar refractivity (Wildman–Crippen MR) is 72.4 cm³/mol. The van der Waals surface area contributed by atoms with Crippen LogP contribution in [0.5, 0.6) is 0 Å². The van der Waals surface area contributed by atoms with E-state index in [1.54, 1.807) is 11.8 Å². The summed E-state index contributed by atoms with van der Waals surface area (Å²) in [5.74, 6) is 0. The fourth-order valence-electron chi connectivity index (χ4n) is 1.84. The molecule has 1 aliphatic rings. The van der Waals surface area contributed by atoms with Crippen molar-refractivity contribution in [3.05, 3.63) is 66.0 Å². The van der Waals surface area contributed by atoms with Crippen LogP contribution in [0, 0.1) is 0 Å². The molecule has 0 amide bonds. The molecule has 84 valence electrons. The minimum absolute atomic E-state index is 0.367. The SMILES string of the molecule is c1ccc(C2=NCC(c3ccccn3)S2)cc1. The highest BCUT2D eigenvalue weighted by molar-refractivity contribution is 8.14. The first-order chi connectivity index (χ1) is 8.43. The van der Waals surface area contributed by atoms with Crippen LogP contribution in [0.4, 0.5) is 0 Å².